The van der Waals surface area contributed by atoms with Crippen LogP contribution in [0.5, 0.6) is 0 Å². The smallest absolute Gasteiger partial charge is 0.419 e. The Morgan fingerprint density at radius 1 is 1.38 bits per heavy atom. The summed E-state index contributed by atoms with van der Waals surface area (Å²) in [5, 5.41) is 0. The summed E-state index contributed by atoms with van der Waals surface area (Å²) in [6, 6.07) is 7.71. The monoisotopic (exact) mass is 235 g/mol. The number of methoxy groups -OCH3 is 1. The first-order valence-corrected chi connectivity index (χ1v) is 5.43. The van der Waals surface area contributed by atoms with Crippen molar-refractivity contribution in [2.24, 2.45) is 0 Å². The molecule has 1 aromatic rings. The van der Waals surface area contributed by atoms with Gasteiger partial charge in [0.05, 0.1) is 12.8 Å². The third-order valence-electron chi connectivity index (χ3n) is 2.91. The van der Waals surface area contributed by atoms with Gasteiger partial charge in [-0.1, -0.05) is 30.4 Å². The summed E-state index contributed by atoms with van der Waals surface area (Å²) in [5.74, 6) is 0. The van der Waals surface area contributed by atoms with E-state index in [1.807, 2.05) is 38.1 Å². The second kappa shape index (κ2) is 3.56. The molecule has 0 aliphatic carbocycles. The quantitative estimate of drug-likeness (QED) is 0.648. The first-order valence-electron chi connectivity index (χ1n) is 5.02. The molecule has 0 unspecified atom stereocenters. The average Bonchev–Trinajstić information content (AvgIpc) is 2.48. The van der Waals surface area contributed by atoms with E-state index in [0.717, 1.165) is 11.3 Å². The zero-order valence-corrected chi connectivity index (χ0v) is 10.3. The Bertz CT molecular complexity index is 468. The van der Waals surface area contributed by atoms with Crippen molar-refractivity contribution in [1.29, 1.82) is 0 Å². The zero-order valence-electron chi connectivity index (χ0n) is 9.48. The molecule has 4 heteroatoms. The molecule has 1 amide bonds. The number of nitrogens with zero attached hydrogens (tertiary/aromatic N) is 1. The van der Waals surface area contributed by atoms with Crippen molar-refractivity contribution in [2.75, 3.05) is 12.0 Å². The Hall–Kier alpha value is -1.42. The number of amides is 1. The minimum absolute atomic E-state index is 0.305. The number of para-hydroxylation sites is 1. The molecular formula is C12H13NO2S. The van der Waals surface area contributed by atoms with Gasteiger partial charge in [0.2, 0.25) is 0 Å². The number of hydrogen-bond donors (Lipinski definition) is 0. The van der Waals surface area contributed by atoms with Crippen LogP contribution >= 0.6 is 12.2 Å². The van der Waals surface area contributed by atoms with Crippen LogP contribution in [0.4, 0.5) is 10.5 Å². The van der Waals surface area contributed by atoms with E-state index in [0.29, 0.717) is 4.99 Å². The van der Waals surface area contributed by atoms with Gasteiger partial charge in [-0.25, -0.2) is 9.69 Å². The number of thiocarbonyl (C=S) groups is 1. The lowest BCUT2D eigenvalue weighted by molar-refractivity contribution is 0.182. The molecule has 0 atom stereocenters. The highest BCUT2D eigenvalue weighted by atomic mass is 32.1. The standard InChI is InChI=1S/C12H13NO2S/c1-12(2)8-6-4-5-7-9(8)13(10(12)16)11(14)15-3/h4-7H,1-3H3. The van der Waals surface area contributed by atoms with Gasteiger partial charge < -0.3 is 4.74 Å². The first-order chi connectivity index (χ1) is 7.50. The molecule has 0 bridgehead atoms. The largest absolute Gasteiger partial charge is 0.452 e. The van der Waals surface area contributed by atoms with Gasteiger partial charge in [0.15, 0.2) is 0 Å². The van der Waals surface area contributed by atoms with Crippen molar-refractivity contribution >= 4 is 29.0 Å². The van der Waals surface area contributed by atoms with Crippen molar-refractivity contribution < 1.29 is 9.53 Å². The van der Waals surface area contributed by atoms with E-state index in [9.17, 15) is 4.79 Å². The molecule has 0 radical (unpaired) electrons. The van der Waals surface area contributed by atoms with Crippen LogP contribution in [0.1, 0.15) is 19.4 Å². The molecule has 1 aromatic carbocycles. The Morgan fingerprint density at radius 2 is 2.00 bits per heavy atom. The number of anilines is 1. The molecule has 84 valence electrons. The van der Waals surface area contributed by atoms with Crippen LogP contribution in [0, 0.1) is 0 Å². The molecule has 2 rings (SSSR count). The summed E-state index contributed by atoms with van der Waals surface area (Å²) >= 11 is 5.35. The number of carbonyl (C=O) groups excluding carboxylic acids is 1. The molecule has 1 heterocycles. The molecule has 0 saturated heterocycles. The lowest BCUT2D eigenvalue weighted by atomic mass is 9.87. The summed E-state index contributed by atoms with van der Waals surface area (Å²) in [4.78, 5) is 13.7. The summed E-state index contributed by atoms with van der Waals surface area (Å²) in [5.41, 5.74) is 1.58. The van der Waals surface area contributed by atoms with E-state index in [-0.39, 0.29) is 5.41 Å². The van der Waals surface area contributed by atoms with Crippen LogP contribution < -0.4 is 4.90 Å². The molecular weight excluding hydrogens is 222 g/mol. The Morgan fingerprint density at radius 3 is 2.62 bits per heavy atom. The highest BCUT2D eigenvalue weighted by Crippen LogP contribution is 2.42. The van der Waals surface area contributed by atoms with E-state index in [4.69, 9.17) is 17.0 Å². The highest BCUT2D eigenvalue weighted by Gasteiger charge is 2.43. The molecule has 0 aromatic heterocycles. The predicted octanol–water partition coefficient (Wildman–Crippen LogP) is 2.88. The second-order valence-corrected chi connectivity index (χ2v) is 4.64. The number of hydrogen-bond acceptors (Lipinski definition) is 3. The highest BCUT2D eigenvalue weighted by molar-refractivity contribution is 7.81. The Balaban J connectivity index is 2.60. The van der Waals surface area contributed by atoms with E-state index < -0.39 is 6.09 Å². The third kappa shape index (κ3) is 1.33. The number of fused-ring (bicyclic) bond motifs is 1. The number of carbonyl (C=O) groups is 1. The van der Waals surface area contributed by atoms with E-state index in [1.54, 1.807) is 0 Å². The summed E-state index contributed by atoms with van der Waals surface area (Å²) in [7, 11) is 1.36. The van der Waals surface area contributed by atoms with Gasteiger partial charge in [-0.15, -0.1) is 0 Å². The lowest BCUT2D eigenvalue weighted by Crippen LogP contribution is -2.38. The maximum Gasteiger partial charge on any atom is 0.419 e. The SMILES string of the molecule is COC(=O)N1C(=S)C(C)(C)c2ccccc21. The van der Waals surface area contributed by atoms with Crippen LogP contribution in [0.15, 0.2) is 24.3 Å². The summed E-state index contributed by atoms with van der Waals surface area (Å²) < 4.78 is 4.75. The molecule has 0 spiro atoms. The summed E-state index contributed by atoms with van der Waals surface area (Å²) in [6.45, 7) is 4.02. The fraction of sp³-hybridized carbons (Fsp3) is 0.333. The van der Waals surface area contributed by atoms with Gasteiger partial charge in [0, 0.05) is 5.41 Å². The van der Waals surface area contributed by atoms with E-state index >= 15 is 0 Å². The van der Waals surface area contributed by atoms with Crippen molar-refractivity contribution in [3.63, 3.8) is 0 Å². The summed E-state index contributed by atoms with van der Waals surface area (Å²) in [6.07, 6.45) is -0.428. The number of ether oxygens (including phenoxy) is 1. The predicted molar refractivity (Wildman–Crippen MR) is 67.0 cm³/mol. The number of benzene rings is 1. The normalized spacial score (nSPS) is 17.2. The fourth-order valence-corrected chi connectivity index (χ4v) is 2.26. The average molecular weight is 235 g/mol. The Kier molecular flexibility index (Phi) is 2.46. The molecule has 0 fully saturated rings. The molecule has 0 N–H and O–H groups in total. The van der Waals surface area contributed by atoms with Crippen molar-refractivity contribution in [3.05, 3.63) is 29.8 Å². The minimum Gasteiger partial charge on any atom is -0.452 e. The molecule has 3 nitrogen and oxygen atoms in total. The lowest BCUT2D eigenvalue weighted by Gasteiger charge is -2.21. The number of rotatable bonds is 0. The van der Waals surface area contributed by atoms with Gasteiger partial charge in [-0.05, 0) is 25.5 Å². The van der Waals surface area contributed by atoms with Crippen LogP contribution in [0.2, 0.25) is 0 Å². The van der Waals surface area contributed by atoms with E-state index in [1.165, 1.54) is 12.0 Å². The molecule has 1 aliphatic rings. The second-order valence-electron chi connectivity index (χ2n) is 4.25. The zero-order chi connectivity index (χ0) is 11.9. The van der Waals surface area contributed by atoms with Gasteiger partial charge in [0.1, 0.15) is 4.99 Å². The van der Waals surface area contributed by atoms with E-state index in [2.05, 4.69) is 0 Å². The van der Waals surface area contributed by atoms with Crippen LogP contribution in [0.3, 0.4) is 0 Å². The van der Waals surface area contributed by atoms with Gasteiger partial charge >= 0.3 is 6.09 Å². The van der Waals surface area contributed by atoms with Gasteiger partial charge in [0.25, 0.3) is 0 Å². The van der Waals surface area contributed by atoms with Crippen LogP contribution in [0.25, 0.3) is 0 Å². The van der Waals surface area contributed by atoms with Gasteiger partial charge in [-0.3, -0.25) is 0 Å². The van der Waals surface area contributed by atoms with Crippen molar-refractivity contribution in [1.82, 2.24) is 0 Å². The maximum absolute atomic E-state index is 11.7. The van der Waals surface area contributed by atoms with Crippen LogP contribution in [-0.4, -0.2) is 18.2 Å². The third-order valence-corrected chi connectivity index (χ3v) is 3.61. The Labute approximate surface area is 100 Å². The topological polar surface area (TPSA) is 29.5 Å². The first kappa shape index (κ1) is 11.1. The fourth-order valence-electron chi connectivity index (χ4n) is 1.97. The van der Waals surface area contributed by atoms with Crippen molar-refractivity contribution in [3.8, 4) is 0 Å². The van der Waals surface area contributed by atoms with Crippen molar-refractivity contribution in [2.45, 2.75) is 19.3 Å². The molecule has 16 heavy (non-hydrogen) atoms. The van der Waals surface area contributed by atoms with Crippen LogP contribution in [-0.2, 0) is 10.2 Å². The van der Waals surface area contributed by atoms with Gasteiger partial charge in [-0.2, -0.15) is 0 Å². The maximum atomic E-state index is 11.7. The molecule has 0 saturated carbocycles. The molecule has 1 aliphatic heterocycles. The minimum atomic E-state index is -0.428.